The molecule has 1 aromatic carbocycles. The molecule has 0 spiro atoms. The molecule has 2 aromatic rings. The number of rotatable bonds is 6. The van der Waals surface area contributed by atoms with Gasteiger partial charge in [0, 0.05) is 6.54 Å². The van der Waals surface area contributed by atoms with Gasteiger partial charge in [0.1, 0.15) is 6.33 Å². The number of nitrogens with zero attached hydrogens (tertiary/aromatic N) is 4. The van der Waals surface area contributed by atoms with Crippen molar-refractivity contribution < 1.29 is 4.79 Å². The lowest BCUT2D eigenvalue weighted by molar-refractivity contribution is -0.119. The van der Waals surface area contributed by atoms with Gasteiger partial charge in [0.25, 0.3) is 0 Å². The molecule has 2 rings (SSSR count). The molecule has 0 aliphatic rings. The van der Waals surface area contributed by atoms with E-state index < -0.39 is 0 Å². The number of amides is 1. The van der Waals surface area contributed by atoms with Gasteiger partial charge < -0.3 is 11.1 Å². The van der Waals surface area contributed by atoms with Crippen LogP contribution in [0.5, 0.6) is 0 Å². The summed E-state index contributed by atoms with van der Waals surface area (Å²) in [7, 11) is 0. The Bertz CT molecular complexity index is 554. The fraction of sp³-hybridized carbons (Fsp3) is 0.385. The van der Waals surface area contributed by atoms with Crippen LogP contribution in [-0.4, -0.2) is 32.7 Å². The number of para-hydroxylation sites is 2. The van der Waals surface area contributed by atoms with Crippen LogP contribution >= 0.6 is 0 Å². The first-order valence-corrected chi connectivity index (χ1v) is 6.59. The molecule has 1 aromatic heterocycles. The van der Waals surface area contributed by atoms with Crippen LogP contribution in [0.15, 0.2) is 30.6 Å². The standard InChI is InChI=1S/C13H18N6O/c1-2-5-10(8-14)13(20)16-11-6-3-4-7-12(11)19-9-15-17-18-19/h3-4,6-7,9-10H,2,5,8,14H2,1H3,(H,16,20). The Morgan fingerprint density at radius 3 is 2.90 bits per heavy atom. The second-order valence-electron chi connectivity index (χ2n) is 4.48. The number of anilines is 1. The summed E-state index contributed by atoms with van der Waals surface area (Å²) < 4.78 is 1.51. The van der Waals surface area contributed by atoms with Crippen molar-refractivity contribution in [1.82, 2.24) is 20.2 Å². The highest BCUT2D eigenvalue weighted by molar-refractivity contribution is 5.94. The molecule has 0 aliphatic heterocycles. The van der Waals surface area contributed by atoms with Gasteiger partial charge in [-0.05, 0) is 29.0 Å². The van der Waals surface area contributed by atoms with Crippen LogP contribution in [0.25, 0.3) is 5.69 Å². The van der Waals surface area contributed by atoms with E-state index >= 15 is 0 Å². The third-order valence-corrected chi connectivity index (χ3v) is 3.05. The number of benzene rings is 1. The van der Waals surface area contributed by atoms with Crippen molar-refractivity contribution in [2.24, 2.45) is 11.7 Å². The molecule has 7 nitrogen and oxygen atoms in total. The summed E-state index contributed by atoms with van der Waals surface area (Å²) in [6.45, 7) is 2.37. The van der Waals surface area contributed by atoms with Gasteiger partial charge in [0.15, 0.2) is 0 Å². The van der Waals surface area contributed by atoms with Gasteiger partial charge in [-0.1, -0.05) is 25.5 Å². The molecule has 3 N–H and O–H groups in total. The number of hydrogen-bond donors (Lipinski definition) is 2. The summed E-state index contributed by atoms with van der Waals surface area (Å²) in [4.78, 5) is 12.2. The highest BCUT2D eigenvalue weighted by atomic mass is 16.1. The van der Waals surface area contributed by atoms with Crippen molar-refractivity contribution in [3.05, 3.63) is 30.6 Å². The summed E-state index contributed by atoms with van der Waals surface area (Å²) in [6.07, 6.45) is 3.18. The first-order chi connectivity index (χ1) is 9.76. The minimum absolute atomic E-state index is 0.0742. The van der Waals surface area contributed by atoms with Crippen molar-refractivity contribution >= 4 is 11.6 Å². The molecule has 0 saturated carbocycles. The van der Waals surface area contributed by atoms with E-state index in [1.165, 1.54) is 11.0 Å². The maximum Gasteiger partial charge on any atom is 0.228 e. The SMILES string of the molecule is CCCC(CN)C(=O)Nc1ccccc1-n1cnnn1. The minimum Gasteiger partial charge on any atom is -0.330 e. The maximum absolute atomic E-state index is 12.2. The number of carbonyl (C=O) groups excluding carboxylic acids is 1. The van der Waals surface area contributed by atoms with Crippen LogP contribution in [0.2, 0.25) is 0 Å². The van der Waals surface area contributed by atoms with Crippen LogP contribution < -0.4 is 11.1 Å². The van der Waals surface area contributed by atoms with Gasteiger partial charge in [-0.25, -0.2) is 0 Å². The molecule has 0 radical (unpaired) electrons. The van der Waals surface area contributed by atoms with E-state index in [2.05, 4.69) is 20.8 Å². The van der Waals surface area contributed by atoms with Crippen LogP contribution in [0.4, 0.5) is 5.69 Å². The van der Waals surface area contributed by atoms with Gasteiger partial charge in [0.2, 0.25) is 5.91 Å². The number of nitrogens with one attached hydrogen (secondary N) is 1. The Balaban J connectivity index is 2.19. The number of nitrogens with two attached hydrogens (primary N) is 1. The molecule has 0 saturated heterocycles. The summed E-state index contributed by atoms with van der Waals surface area (Å²) in [5.74, 6) is -0.253. The summed E-state index contributed by atoms with van der Waals surface area (Å²) >= 11 is 0. The van der Waals surface area contributed by atoms with E-state index in [-0.39, 0.29) is 11.8 Å². The van der Waals surface area contributed by atoms with Crippen molar-refractivity contribution in [3.63, 3.8) is 0 Å². The molecule has 1 amide bonds. The zero-order chi connectivity index (χ0) is 14.4. The summed E-state index contributed by atoms with van der Waals surface area (Å²) in [6, 6.07) is 7.36. The number of hydrogen-bond acceptors (Lipinski definition) is 5. The average Bonchev–Trinajstić information content (AvgIpc) is 2.99. The van der Waals surface area contributed by atoms with Crippen LogP contribution in [-0.2, 0) is 4.79 Å². The van der Waals surface area contributed by atoms with Crippen LogP contribution in [0, 0.1) is 5.92 Å². The van der Waals surface area contributed by atoms with Crippen molar-refractivity contribution in [2.75, 3.05) is 11.9 Å². The zero-order valence-corrected chi connectivity index (χ0v) is 11.4. The normalized spacial score (nSPS) is 12.1. The van der Waals surface area contributed by atoms with Crippen molar-refractivity contribution in [2.45, 2.75) is 19.8 Å². The van der Waals surface area contributed by atoms with Gasteiger partial charge in [-0.15, -0.1) is 5.10 Å². The smallest absolute Gasteiger partial charge is 0.228 e. The van der Waals surface area contributed by atoms with E-state index in [9.17, 15) is 4.79 Å². The second-order valence-corrected chi connectivity index (χ2v) is 4.48. The largest absolute Gasteiger partial charge is 0.330 e. The van der Waals surface area contributed by atoms with Gasteiger partial charge in [-0.3, -0.25) is 4.79 Å². The van der Waals surface area contributed by atoms with E-state index in [0.717, 1.165) is 18.5 Å². The topological polar surface area (TPSA) is 98.7 Å². The molecular weight excluding hydrogens is 256 g/mol. The van der Waals surface area contributed by atoms with E-state index in [1.54, 1.807) is 0 Å². The third kappa shape index (κ3) is 3.18. The minimum atomic E-state index is -0.179. The first kappa shape index (κ1) is 14.1. The lowest BCUT2D eigenvalue weighted by Gasteiger charge is -2.15. The van der Waals surface area contributed by atoms with Gasteiger partial charge >= 0.3 is 0 Å². The fourth-order valence-corrected chi connectivity index (χ4v) is 1.99. The fourth-order valence-electron chi connectivity index (χ4n) is 1.99. The van der Waals surface area contributed by atoms with Crippen LogP contribution in [0.3, 0.4) is 0 Å². The van der Waals surface area contributed by atoms with Crippen molar-refractivity contribution in [1.29, 1.82) is 0 Å². The molecule has 0 fully saturated rings. The third-order valence-electron chi connectivity index (χ3n) is 3.05. The Hall–Kier alpha value is -2.28. The second kappa shape index (κ2) is 6.76. The molecule has 7 heteroatoms. The van der Waals surface area contributed by atoms with Crippen LogP contribution in [0.1, 0.15) is 19.8 Å². The highest BCUT2D eigenvalue weighted by Gasteiger charge is 2.17. The summed E-state index contributed by atoms with van der Waals surface area (Å²) in [5, 5.41) is 13.9. The first-order valence-electron chi connectivity index (χ1n) is 6.59. The van der Waals surface area contributed by atoms with Gasteiger partial charge in [0.05, 0.1) is 17.3 Å². The van der Waals surface area contributed by atoms with Gasteiger partial charge in [-0.2, -0.15) is 4.68 Å². The van der Waals surface area contributed by atoms with E-state index in [1.807, 2.05) is 31.2 Å². The molecular formula is C13H18N6O. The Morgan fingerprint density at radius 2 is 2.25 bits per heavy atom. The van der Waals surface area contributed by atoms with E-state index in [0.29, 0.717) is 12.2 Å². The molecule has 106 valence electrons. The summed E-state index contributed by atoms with van der Waals surface area (Å²) in [5.41, 5.74) is 7.03. The zero-order valence-electron chi connectivity index (χ0n) is 11.4. The quantitative estimate of drug-likeness (QED) is 0.818. The average molecular weight is 274 g/mol. The molecule has 1 heterocycles. The Morgan fingerprint density at radius 1 is 1.45 bits per heavy atom. The lowest BCUT2D eigenvalue weighted by Crippen LogP contribution is -2.29. The number of aromatic nitrogens is 4. The Kier molecular flexibility index (Phi) is 4.78. The Labute approximate surface area is 117 Å². The molecule has 0 bridgehead atoms. The predicted molar refractivity (Wildman–Crippen MR) is 75.2 cm³/mol. The lowest BCUT2D eigenvalue weighted by atomic mass is 10.0. The molecule has 20 heavy (non-hydrogen) atoms. The number of tetrazole rings is 1. The molecule has 1 unspecified atom stereocenters. The van der Waals surface area contributed by atoms with Crippen molar-refractivity contribution in [3.8, 4) is 5.69 Å². The monoisotopic (exact) mass is 274 g/mol. The van der Waals surface area contributed by atoms with E-state index in [4.69, 9.17) is 5.73 Å². The highest BCUT2D eigenvalue weighted by Crippen LogP contribution is 2.19. The predicted octanol–water partition coefficient (Wildman–Crippen LogP) is 0.976. The molecule has 1 atom stereocenters. The maximum atomic E-state index is 12.2. The number of carbonyl (C=O) groups is 1. The molecule has 0 aliphatic carbocycles.